The molecule has 33 heavy (non-hydrogen) atoms. The van der Waals surface area contributed by atoms with E-state index in [-0.39, 0.29) is 30.1 Å². The van der Waals surface area contributed by atoms with Gasteiger partial charge in [-0.25, -0.2) is 13.1 Å². The molecule has 2 aromatic rings. The van der Waals surface area contributed by atoms with Gasteiger partial charge in [-0.2, -0.15) is 0 Å². The molecular formula is C24H33N3O5S. The molecule has 0 aliphatic carbocycles. The number of amides is 1. The maximum atomic E-state index is 13.4. The van der Waals surface area contributed by atoms with E-state index in [0.717, 1.165) is 24.1 Å². The van der Waals surface area contributed by atoms with Crippen molar-refractivity contribution in [3.63, 3.8) is 0 Å². The number of benzene rings is 2. The Kier molecular flexibility index (Phi) is 8.85. The number of hydrogen-bond acceptors (Lipinski definition) is 6. The summed E-state index contributed by atoms with van der Waals surface area (Å²) in [5.41, 5.74) is 2.55. The first-order valence-corrected chi connectivity index (χ1v) is 12.5. The Morgan fingerprint density at radius 3 is 2.39 bits per heavy atom. The number of ether oxygens (including phenoxy) is 2. The van der Waals surface area contributed by atoms with Gasteiger partial charge < -0.3 is 19.3 Å². The minimum atomic E-state index is -3.65. The third-order valence-corrected chi connectivity index (χ3v) is 7.05. The van der Waals surface area contributed by atoms with E-state index in [9.17, 15) is 13.2 Å². The Balaban J connectivity index is 1.76. The van der Waals surface area contributed by atoms with Crippen LogP contribution in [0.3, 0.4) is 0 Å². The molecule has 0 radical (unpaired) electrons. The van der Waals surface area contributed by atoms with Crippen molar-refractivity contribution in [2.75, 3.05) is 52.4 Å². The number of rotatable bonds is 11. The molecule has 1 N–H and O–H groups in total. The predicted octanol–water partition coefficient (Wildman–Crippen LogP) is 2.50. The van der Waals surface area contributed by atoms with E-state index in [1.54, 1.807) is 17.0 Å². The minimum Gasteiger partial charge on any atom is -0.383 e. The highest BCUT2D eigenvalue weighted by atomic mass is 32.2. The van der Waals surface area contributed by atoms with Gasteiger partial charge in [0.15, 0.2) is 0 Å². The van der Waals surface area contributed by atoms with Crippen LogP contribution in [0.2, 0.25) is 0 Å². The zero-order chi connectivity index (χ0) is 23.8. The molecule has 1 fully saturated rings. The van der Waals surface area contributed by atoms with Crippen molar-refractivity contribution in [2.24, 2.45) is 0 Å². The molecule has 1 unspecified atom stereocenters. The summed E-state index contributed by atoms with van der Waals surface area (Å²) in [4.78, 5) is 17.3. The van der Waals surface area contributed by atoms with Crippen LogP contribution in [0.4, 0.5) is 5.69 Å². The maximum Gasteiger partial charge on any atom is 0.254 e. The van der Waals surface area contributed by atoms with E-state index >= 15 is 0 Å². The van der Waals surface area contributed by atoms with Gasteiger partial charge in [-0.05, 0) is 54.8 Å². The number of anilines is 1. The monoisotopic (exact) mass is 475 g/mol. The number of hydrogen-bond donors (Lipinski definition) is 1. The van der Waals surface area contributed by atoms with Gasteiger partial charge >= 0.3 is 0 Å². The van der Waals surface area contributed by atoms with Gasteiger partial charge in [-0.1, -0.05) is 12.1 Å². The number of carbonyl (C=O) groups excluding carboxylic acids is 1. The molecule has 180 valence electrons. The summed E-state index contributed by atoms with van der Waals surface area (Å²) in [7, 11) is 1.83. The molecule has 9 heteroatoms. The molecule has 3 rings (SSSR count). The van der Waals surface area contributed by atoms with Crippen LogP contribution in [0.25, 0.3) is 0 Å². The third kappa shape index (κ3) is 7.01. The van der Waals surface area contributed by atoms with Gasteiger partial charge in [0.05, 0.1) is 17.6 Å². The van der Waals surface area contributed by atoms with E-state index in [1.165, 1.54) is 19.2 Å². The normalized spacial score (nSPS) is 16.0. The lowest BCUT2D eigenvalue weighted by Crippen LogP contribution is -2.37. The Morgan fingerprint density at radius 1 is 1.12 bits per heavy atom. The molecule has 1 amide bonds. The molecular weight excluding hydrogens is 442 g/mol. The van der Waals surface area contributed by atoms with Gasteiger partial charge in [0.1, 0.15) is 0 Å². The lowest BCUT2D eigenvalue weighted by atomic mass is 10.1. The number of nitrogens with zero attached hydrogens (tertiary/aromatic N) is 2. The fourth-order valence-corrected chi connectivity index (χ4v) is 4.71. The van der Waals surface area contributed by atoms with Crippen molar-refractivity contribution in [3.8, 4) is 0 Å². The van der Waals surface area contributed by atoms with E-state index < -0.39 is 10.0 Å². The summed E-state index contributed by atoms with van der Waals surface area (Å²) in [5.74, 6) is -0.154. The zero-order valence-corrected chi connectivity index (χ0v) is 20.3. The van der Waals surface area contributed by atoms with Crippen molar-refractivity contribution in [3.05, 3.63) is 59.7 Å². The van der Waals surface area contributed by atoms with Crippen LogP contribution in [-0.4, -0.2) is 72.8 Å². The predicted molar refractivity (Wildman–Crippen MR) is 128 cm³/mol. The minimum absolute atomic E-state index is 0.0135. The Labute approximate surface area is 196 Å². The number of sulfonamides is 1. The molecule has 1 heterocycles. The van der Waals surface area contributed by atoms with Gasteiger partial charge in [0, 0.05) is 58.7 Å². The van der Waals surface area contributed by atoms with E-state index in [2.05, 4.69) is 4.72 Å². The van der Waals surface area contributed by atoms with Gasteiger partial charge in [0.2, 0.25) is 10.0 Å². The van der Waals surface area contributed by atoms with Crippen molar-refractivity contribution < 1.29 is 22.7 Å². The summed E-state index contributed by atoms with van der Waals surface area (Å²) in [6.45, 7) is 2.12. The van der Waals surface area contributed by atoms with E-state index in [4.69, 9.17) is 9.47 Å². The lowest BCUT2D eigenvalue weighted by molar-refractivity contribution is 0.0507. The van der Waals surface area contributed by atoms with Crippen LogP contribution >= 0.6 is 0 Å². The third-order valence-electron chi connectivity index (χ3n) is 5.57. The average molecular weight is 476 g/mol. The van der Waals surface area contributed by atoms with Gasteiger partial charge in [0.25, 0.3) is 5.91 Å². The SMILES string of the molecule is COCCNS(=O)(=O)c1ccc(C(=O)N(Cc2ccc(N(C)C)cc2)CC2CCCO2)cc1. The quantitative estimate of drug-likeness (QED) is 0.503. The topological polar surface area (TPSA) is 88.2 Å². The van der Waals surface area contributed by atoms with Crippen molar-refractivity contribution in [2.45, 2.75) is 30.4 Å². The number of carbonyl (C=O) groups is 1. The maximum absolute atomic E-state index is 13.4. The Morgan fingerprint density at radius 2 is 1.82 bits per heavy atom. The van der Waals surface area contributed by atoms with Crippen LogP contribution in [0.15, 0.2) is 53.4 Å². The van der Waals surface area contributed by atoms with Gasteiger partial charge in [-0.15, -0.1) is 0 Å². The molecule has 0 bridgehead atoms. The van der Waals surface area contributed by atoms with Crippen molar-refractivity contribution in [1.82, 2.24) is 9.62 Å². The molecule has 1 aliphatic rings. The second-order valence-corrected chi connectivity index (χ2v) is 10.1. The zero-order valence-electron chi connectivity index (χ0n) is 19.5. The Hall–Kier alpha value is -2.46. The first kappa shape index (κ1) is 25.2. The standard InChI is InChI=1S/C24H33N3O5S/c1-26(2)21-10-6-19(7-11-21)17-27(18-22-5-4-15-32-22)24(28)20-8-12-23(13-9-20)33(29,30)25-14-16-31-3/h6-13,22,25H,4-5,14-18H2,1-3H3. The first-order valence-electron chi connectivity index (χ1n) is 11.1. The van der Waals surface area contributed by atoms with Crippen LogP contribution in [-0.2, 0) is 26.0 Å². The first-order chi connectivity index (χ1) is 15.8. The molecule has 0 spiro atoms. The molecule has 0 aromatic heterocycles. The largest absolute Gasteiger partial charge is 0.383 e. The average Bonchev–Trinajstić information content (AvgIpc) is 3.32. The molecule has 8 nitrogen and oxygen atoms in total. The van der Waals surface area contributed by atoms with Crippen LogP contribution in [0.1, 0.15) is 28.8 Å². The van der Waals surface area contributed by atoms with E-state index in [0.29, 0.717) is 25.3 Å². The molecule has 1 saturated heterocycles. The highest BCUT2D eigenvalue weighted by Gasteiger charge is 2.24. The molecule has 1 aliphatic heterocycles. The Bertz CT molecular complexity index is 1000. The number of nitrogens with one attached hydrogen (secondary N) is 1. The second kappa shape index (κ2) is 11.6. The van der Waals surface area contributed by atoms with Crippen molar-refractivity contribution in [1.29, 1.82) is 0 Å². The van der Waals surface area contributed by atoms with Gasteiger partial charge in [-0.3, -0.25) is 4.79 Å². The fourth-order valence-electron chi connectivity index (χ4n) is 3.69. The second-order valence-electron chi connectivity index (χ2n) is 8.30. The highest BCUT2D eigenvalue weighted by molar-refractivity contribution is 7.89. The van der Waals surface area contributed by atoms with Crippen LogP contribution in [0, 0.1) is 0 Å². The van der Waals surface area contributed by atoms with Crippen molar-refractivity contribution >= 4 is 21.6 Å². The van der Waals surface area contributed by atoms with Crippen LogP contribution in [0.5, 0.6) is 0 Å². The number of methoxy groups -OCH3 is 1. The van der Waals surface area contributed by atoms with E-state index in [1.807, 2.05) is 43.3 Å². The summed E-state index contributed by atoms with van der Waals surface area (Å²) in [6, 6.07) is 14.1. The molecule has 1 atom stereocenters. The lowest BCUT2D eigenvalue weighted by Gasteiger charge is -2.26. The summed E-state index contributed by atoms with van der Waals surface area (Å²) < 4.78 is 37.9. The highest BCUT2D eigenvalue weighted by Crippen LogP contribution is 2.20. The molecule has 2 aromatic carbocycles. The summed E-state index contributed by atoms with van der Waals surface area (Å²) in [5, 5.41) is 0. The fraction of sp³-hybridized carbons (Fsp3) is 0.458. The summed E-state index contributed by atoms with van der Waals surface area (Å²) in [6.07, 6.45) is 1.93. The summed E-state index contributed by atoms with van der Waals surface area (Å²) >= 11 is 0. The molecule has 0 saturated carbocycles. The smallest absolute Gasteiger partial charge is 0.254 e. The van der Waals surface area contributed by atoms with Crippen LogP contribution < -0.4 is 9.62 Å².